The van der Waals surface area contributed by atoms with Gasteiger partial charge in [0.1, 0.15) is 13.2 Å². The predicted molar refractivity (Wildman–Crippen MR) is 103 cm³/mol. The fraction of sp³-hybridized carbons (Fsp3) is 0.333. The van der Waals surface area contributed by atoms with Gasteiger partial charge in [0.2, 0.25) is 10.0 Å². The van der Waals surface area contributed by atoms with E-state index in [4.69, 9.17) is 9.47 Å². The Labute approximate surface area is 164 Å². The van der Waals surface area contributed by atoms with Gasteiger partial charge in [-0.2, -0.15) is 4.31 Å². The monoisotopic (exact) mass is 424 g/mol. The fourth-order valence-corrected chi connectivity index (χ4v) is 5.77. The Morgan fingerprint density at radius 3 is 2.07 bits per heavy atom. The average Bonchev–Trinajstić information content (AvgIpc) is 3.23. The first-order chi connectivity index (χ1) is 13.4. The van der Waals surface area contributed by atoms with Crippen LogP contribution in [0.5, 0.6) is 11.5 Å². The van der Waals surface area contributed by atoms with Gasteiger partial charge in [-0.1, -0.05) is 0 Å². The van der Waals surface area contributed by atoms with E-state index >= 15 is 0 Å². The largest absolute Gasteiger partial charge is 0.486 e. The van der Waals surface area contributed by atoms with Crippen molar-refractivity contribution in [1.29, 1.82) is 0 Å². The van der Waals surface area contributed by atoms with E-state index in [0.717, 1.165) is 12.8 Å². The molecule has 0 aliphatic carbocycles. The van der Waals surface area contributed by atoms with Gasteiger partial charge >= 0.3 is 0 Å². The van der Waals surface area contributed by atoms with Crippen LogP contribution in [-0.4, -0.2) is 47.4 Å². The topological polar surface area (TPSA) is 102 Å². The molecule has 1 fully saturated rings. The number of nitrogens with zero attached hydrogens (tertiary/aromatic N) is 1. The minimum atomic E-state index is -3.86. The third-order valence-electron chi connectivity index (χ3n) is 4.63. The Bertz CT molecular complexity index is 1080. The number of fused-ring (bicyclic) bond motifs is 1. The molecule has 8 nitrogen and oxygen atoms in total. The standard InChI is InChI=1S/C18H20N2O6S2/c21-27(22,16-7-8-17-18(13-16)26-12-11-25-17)19-14-3-5-15(6-4-14)28(23,24)20-9-1-2-10-20/h3-8,13,19H,1-2,9-12H2. The van der Waals surface area contributed by atoms with Crippen molar-refractivity contribution in [2.45, 2.75) is 22.6 Å². The molecule has 2 aliphatic heterocycles. The summed E-state index contributed by atoms with van der Waals surface area (Å²) in [4.78, 5) is 0.183. The van der Waals surface area contributed by atoms with Crippen molar-refractivity contribution in [1.82, 2.24) is 4.31 Å². The molecule has 0 spiro atoms. The van der Waals surface area contributed by atoms with Gasteiger partial charge in [0, 0.05) is 24.8 Å². The Kier molecular flexibility index (Phi) is 4.94. The van der Waals surface area contributed by atoms with E-state index in [1.807, 2.05) is 0 Å². The molecule has 1 saturated heterocycles. The first-order valence-electron chi connectivity index (χ1n) is 8.89. The number of benzene rings is 2. The molecule has 0 saturated carbocycles. The van der Waals surface area contributed by atoms with Crippen LogP contribution in [0.15, 0.2) is 52.3 Å². The van der Waals surface area contributed by atoms with Gasteiger partial charge in [0.05, 0.1) is 9.79 Å². The molecule has 2 aromatic rings. The molecule has 2 heterocycles. The van der Waals surface area contributed by atoms with Crippen LogP contribution in [0.1, 0.15) is 12.8 Å². The number of hydrogen-bond acceptors (Lipinski definition) is 6. The van der Waals surface area contributed by atoms with E-state index < -0.39 is 20.0 Å². The Balaban J connectivity index is 1.54. The number of hydrogen-bond donors (Lipinski definition) is 1. The van der Waals surface area contributed by atoms with Crippen LogP contribution in [0.3, 0.4) is 0 Å². The quantitative estimate of drug-likeness (QED) is 0.788. The third-order valence-corrected chi connectivity index (χ3v) is 7.93. The van der Waals surface area contributed by atoms with Crippen LogP contribution < -0.4 is 14.2 Å². The van der Waals surface area contributed by atoms with Crippen LogP contribution in [-0.2, 0) is 20.0 Å². The van der Waals surface area contributed by atoms with Crippen molar-refractivity contribution in [2.75, 3.05) is 31.0 Å². The zero-order valence-corrected chi connectivity index (χ0v) is 16.6. The zero-order valence-electron chi connectivity index (χ0n) is 15.0. The van der Waals surface area contributed by atoms with Gasteiger partial charge in [0.15, 0.2) is 11.5 Å². The summed E-state index contributed by atoms with van der Waals surface area (Å²) in [6.45, 7) is 1.81. The fourth-order valence-electron chi connectivity index (χ4n) is 3.18. The van der Waals surface area contributed by atoms with E-state index in [1.54, 1.807) is 6.07 Å². The second-order valence-corrected chi connectivity index (χ2v) is 10.2. The highest BCUT2D eigenvalue weighted by molar-refractivity contribution is 7.92. The lowest BCUT2D eigenvalue weighted by atomic mass is 10.3. The molecule has 0 bridgehead atoms. The Morgan fingerprint density at radius 1 is 0.786 bits per heavy atom. The lowest BCUT2D eigenvalue weighted by Crippen LogP contribution is -2.27. The summed E-state index contributed by atoms with van der Waals surface area (Å²) in [6, 6.07) is 10.1. The number of nitrogens with one attached hydrogen (secondary N) is 1. The maximum absolute atomic E-state index is 12.6. The van der Waals surface area contributed by atoms with E-state index in [0.29, 0.717) is 37.8 Å². The highest BCUT2D eigenvalue weighted by Gasteiger charge is 2.27. The minimum Gasteiger partial charge on any atom is -0.486 e. The molecule has 0 radical (unpaired) electrons. The van der Waals surface area contributed by atoms with Crippen molar-refractivity contribution in [3.63, 3.8) is 0 Å². The summed E-state index contributed by atoms with van der Waals surface area (Å²) in [6.07, 6.45) is 1.71. The smallest absolute Gasteiger partial charge is 0.262 e. The van der Waals surface area contributed by atoms with Gasteiger partial charge in [0.25, 0.3) is 10.0 Å². The van der Waals surface area contributed by atoms with E-state index in [2.05, 4.69) is 4.72 Å². The lowest BCUT2D eigenvalue weighted by molar-refractivity contribution is 0.171. The minimum absolute atomic E-state index is 0.0329. The van der Waals surface area contributed by atoms with Crippen molar-refractivity contribution >= 4 is 25.7 Å². The Morgan fingerprint density at radius 2 is 1.39 bits per heavy atom. The average molecular weight is 425 g/mol. The summed E-state index contributed by atoms with van der Waals surface area (Å²) in [5.41, 5.74) is 0.273. The first kappa shape index (κ1) is 19.0. The number of anilines is 1. The number of ether oxygens (including phenoxy) is 2. The molecule has 2 aromatic carbocycles. The highest BCUT2D eigenvalue weighted by atomic mass is 32.2. The molecule has 2 aliphatic rings. The summed E-state index contributed by atoms with van der Waals surface area (Å²) in [5.74, 6) is 0.878. The SMILES string of the molecule is O=S(=O)(Nc1ccc(S(=O)(=O)N2CCCC2)cc1)c1ccc2c(c1)OCCO2. The molecule has 0 aromatic heterocycles. The van der Waals surface area contributed by atoms with E-state index in [9.17, 15) is 16.8 Å². The zero-order chi connectivity index (χ0) is 19.8. The van der Waals surface area contributed by atoms with Crippen LogP contribution >= 0.6 is 0 Å². The van der Waals surface area contributed by atoms with Crippen molar-refractivity contribution in [3.8, 4) is 11.5 Å². The van der Waals surface area contributed by atoms with Gasteiger partial charge < -0.3 is 9.47 Å². The van der Waals surface area contributed by atoms with Crippen molar-refractivity contribution in [2.24, 2.45) is 0 Å². The summed E-state index contributed by atoms with van der Waals surface area (Å²) >= 11 is 0. The lowest BCUT2D eigenvalue weighted by Gasteiger charge is -2.19. The molecule has 28 heavy (non-hydrogen) atoms. The van der Waals surface area contributed by atoms with Crippen molar-refractivity contribution < 1.29 is 26.3 Å². The summed E-state index contributed by atoms with van der Waals surface area (Å²) in [5, 5.41) is 0. The Hall–Kier alpha value is -2.30. The molecule has 1 N–H and O–H groups in total. The summed E-state index contributed by atoms with van der Waals surface area (Å²) in [7, 11) is -7.39. The van der Waals surface area contributed by atoms with Gasteiger partial charge in [-0.15, -0.1) is 0 Å². The van der Waals surface area contributed by atoms with Crippen LogP contribution in [0.4, 0.5) is 5.69 Å². The highest BCUT2D eigenvalue weighted by Crippen LogP contribution is 2.33. The second-order valence-electron chi connectivity index (χ2n) is 6.55. The van der Waals surface area contributed by atoms with Gasteiger partial charge in [-0.25, -0.2) is 16.8 Å². The molecule has 150 valence electrons. The van der Waals surface area contributed by atoms with Gasteiger partial charge in [-0.05, 0) is 49.2 Å². The molecular weight excluding hydrogens is 404 g/mol. The maximum atomic E-state index is 12.6. The van der Waals surface area contributed by atoms with E-state index in [-0.39, 0.29) is 15.5 Å². The maximum Gasteiger partial charge on any atom is 0.262 e. The molecule has 0 amide bonds. The van der Waals surface area contributed by atoms with Gasteiger partial charge in [-0.3, -0.25) is 4.72 Å². The predicted octanol–water partition coefficient (Wildman–Crippen LogP) is 2.04. The van der Waals surface area contributed by atoms with Crippen LogP contribution in [0.2, 0.25) is 0 Å². The summed E-state index contributed by atoms with van der Waals surface area (Å²) < 4.78 is 65.1. The normalized spacial score (nSPS) is 17.4. The van der Waals surface area contributed by atoms with Crippen LogP contribution in [0.25, 0.3) is 0 Å². The molecule has 10 heteroatoms. The first-order valence-corrected chi connectivity index (χ1v) is 11.8. The van der Waals surface area contributed by atoms with Crippen molar-refractivity contribution in [3.05, 3.63) is 42.5 Å². The van der Waals surface area contributed by atoms with Crippen LogP contribution in [0, 0.1) is 0 Å². The molecular formula is C18H20N2O6S2. The third kappa shape index (κ3) is 3.67. The van der Waals surface area contributed by atoms with E-state index in [1.165, 1.54) is 40.7 Å². The molecule has 0 unspecified atom stereocenters. The molecule has 0 atom stereocenters. The molecule has 4 rings (SSSR count). The number of sulfonamides is 2. The number of rotatable bonds is 5. The second kappa shape index (κ2) is 7.26.